The molecule has 22 heteroatoms. The number of rotatable bonds is 15. The normalized spacial score (nSPS) is 41.3. The third-order valence-corrected chi connectivity index (χ3v) is 27.8. The number of hydrogen-bond donors (Lipinski definition) is 0. The van der Waals surface area contributed by atoms with Crippen molar-refractivity contribution in [2.75, 3.05) is 0 Å². The molecule has 0 radical (unpaired) electrons. The molecular weight excluding hydrogens is 1230 g/mol. The van der Waals surface area contributed by atoms with Crippen LogP contribution in [-0.2, 0) is 100 Å². The fraction of sp³-hybridized carbons (Fsp3) is 0.861. The van der Waals surface area contributed by atoms with Crippen LogP contribution in [0, 0.1) is 97.6 Å². The lowest BCUT2D eigenvalue weighted by Crippen LogP contribution is -2.51. The van der Waals surface area contributed by atoms with Crippen LogP contribution in [0.1, 0.15) is 208 Å². The molecule has 7 saturated carbocycles. The lowest BCUT2D eigenvalue weighted by Gasteiger charge is -2.44. The Balaban J connectivity index is 0.000000120. The summed E-state index contributed by atoms with van der Waals surface area (Å²) in [7, 11) is 0. The van der Waals surface area contributed by atoms with Crippen molar-refractivity contribution in [3.8, 4) is 0 Å². The number of thioether (sulfide) groups is 1. The van der Waals surface area contributed by atoms with Gasteiger partial charge in [-0.1, -0.05) is 48.5 Å². The average molecular weight is 1340 g/mol. The van der Waals surface area contributed by atoms with E-state index in [2.05, 4.69) is 13.8 Å². The minimum Gasteiger partial charge on any atom is -0.458 e. The standard InChI is InChI=1S/C16H24O4.2C15H22O4.C13H18O5.C13H18O4S/c1-6-15(2,3)14(18)20-11-9-7-8-10(16(9,4)5)12(11)19-13(8)17;1-5-14(2,3)13(17)19-15(4)8-6-9-10(7-8)12(16)18-11(9)15;1-4-15(2,3)14(17)19-11-8-5-6-9-10(7-8)13(16)18-12(9)11;1-4-13(2,3)12(15)18-9-7-5-6-8(16-7)10(9)17-11(6)14;1-4-13(2,3)12(15)17-8-7-5-6-10(18-7)9(8)16-11(6)14/h8-12H,6-7H2,1-5H3;8-11H,5-7H2,1-4H3;8-12H,4-7H2,1-3H3;2*6-10H,4-5H2,1-3H3. The van der Waals surface area contributed by atoms with Gasteiger partial charge in [-0.3, -0.25) is 47.9 Å². The number of fused-ring (bicyclic) bond motifs is 5. The zero-order valence-electron chi connectivity index (χ0n) is 58.5. The Bertz CT molecular complexity index is 2980. The predicted octanol–water partition coefficient (Wildman–Crippen LogP) is 9.97. The van der Waals surface area contributed by atoms with Gasteiger partial charge in [0, 0.05) is 40.8 Å². The van der Waals surface area contributed by atoms with E-state index >= 15 is 0 Å². The second-order valence-corrected chi connectivity index (χ2v) is 35.2. The zero-order valence-corrected chi connectivity index (χ0v) is 59.3. The molecule has 25 atom stereocenters. The Labute approximate surface area is 558 Å². The molecule has 0 aromatic carbocycles. The molecule has 7 aliphatic carbocycles. The van der Waals surface area contributed by atoms with Crippen LogP contribution in [0.15, 0.2) is 0 Å². The van der Waals surface area contributed by atoms with E-state index < -0.39 is 44.9 Å². The molecule has 21 nitrogen and oxygen atoms in total. The van der Waals surface area contributed by atoms with Gasteiger partial charge < -0.3 is 52.1 Å². The summed E-state index contributed by atoms with van der Waals surface area (Å²) in [5, 5.41) is 0.457. The molecule has 16 rings (SSSR count). The topological polar surface area (TPSA) is 272 Å². The largest absolute Gasteiger partial charge is 0.458 e. The van der Waals surface area contributed by atoms with E-state index in [1.165, 1.54) is 0 Å². The van der Waals surface area contributed by atoms with Gasteiger partial charge in [0.25, 0.3) is 0 Å². The molecule has 12 bridgehead atoms. The van der Waals surface area contributed by atoms with Crippen molar-refractivity contribution in [2.45, 2.75) is 291 Å². The van der Waals surface area contributed by atoms with Crippen molar-refractivity contribution in [2.24, 2.45) is 97.6 Å². The van der Waals surface area contributed by atoms with Gasteiger partial charge in [-0.15, -0.1) is 11.8 Å². The van der Waals surface area contributed by atoms with Gasteiger partial charge in [0.1, 0.15) is 42.2 Å². The minimum atomic E-state index is -0.614. The van der Waals surface area contributed by atoms with Gasteiger partial charge in [0.15, 0.2) is 24.4 Å². The molecule has 16 aliphatic rings. The van der Waals surface area contributed by atoms with Gasteiger partial charge in [0.2, 0.25) is 0 Å². The fourth-order valence-electron chi connectivity index (χ4n) is 17.4. The van der Waals surface area contributed by atoms with E-state index in [1.54, 1.807) is 11.8 Å². The van der Waals surface area contributed by atoms with Crippen molar-refractivity contribution < 1.29 is 100 Å². The maximum absolute atomic E-state index is 12.3. The predicted molar refractivity (Wildman–Crippen MR) is 337 cm³/mol. The van der Waals surface area contributed by atoms with E-state index in [0.717, 1.165) is 70.6 Å². The minimum absolute atomic E-state index is 0.0167. The quantitative estimate of drug-likeness (QED) is 0.109. The van der Waals surface area contributed by atoms with Crippen molar-refractivity contribution in [1.82, 2.24) is 0 Å². The first-order chi connectivity index (χ1) is 43.8. The third kappa shape index (κ3) is 11.8. The van der Waals surface area contributed by atoms with Crippen molar-refractivity contribution in [3.63, 3.8) is 0 Å². The molecule has 16 fully saturated rings. The molecule has 0 aromatic rings. The van der Waals surface area contributed by atoms with E-state index in [9.17, 15) is 47.9 Å². The second-order valence-electron chi connectivity index (χ2n) is 33.7. The van der Waals surface area contributed by atoms with E-state index in [-0.39, 0.29) is 190 Å². The van der Waals surface area contributed by atoms with E-state index in [1.807, 2.05) is 111 Å². The highest BCUT2D eigenvalue weighted by atomic mass is 32.2. The summed E-state index contributed by atoms with van der Waals surface area (Å²) in [5.41, 5.74) is -2.99. The van der Waals surface area contributed by atoms with Crippen molar-refractivity contribution >= 4 is 71.5 Å². The van der Waals surface area contributed by atoms with E-state index in [4.69, 9.17) is 52.1 Å². The van der Waals surface area contributed by atoms with Crippen LogP contribution in [-0.4, -0.2) is 143 Å². The molecule has 25 unspecified atom stereocenters. The molecule has 0 spiro atoms. The van der Waals surface area contributed by atoms with E-state index in [0.29, 0.717) is 18.8 Å². The summed E-state index contributed by atoms with van der Waals surface area (Å²) in [5.74, 6) is 0.115. The number of hydrogen-bond acceptors (Lipinski definition) is 22. The molecule has 0 N–H and O–H groups in total. The lowest BCUT2D eigenvalue weighted by atomic mass is 9.63. The average Bonchev–Trinajstić information content (AvgIpc) is 1.54. The summed E-state index contributed by atoms with van der Waals surface area (Å²) in [6.07, 6.45) is 7.89. The smallest absolute Gasteiger partial charge is 0.312 e. The van der Waals surface area contributed by atoms with Gasteiger partial charge >= 0.3 is 59.7 Å². The Hall–Kier alpha value is -4.99. The van der Waals surface area contributed by atoms with Crippen LogP contribution in [0.25, 0.3) is 0 Å². The molecule has 9 heterocycles. The number of carbonyl (C=O) groups is 10. The highest BCUT2D eigenvalue weighted by Crippen LogP contribution is 2.66. The van der Waals surface area contributed by atoms with Crippen molar-refractivity contribution in [3.05, 3.63) is 0 Å². The Morgan fingerprint density at radius 1 is 0.447 bits per heavy atom. The SMILES string of the molecule is CCC(C)(C)C(=O)OC1(C)C2CC3C(=O)OC1C3C2.CCC(C)(C)C(=O)OC1C2CC3C(=O)OC1C3O2.CCC(C)(C)C(=O)OC1C2CC3C(=O)OC1C3S2.CCC(C)(C)C(=O)OC1C2CCC3C(C2)C(=O)OC31.CCC(C)(C)C(=O)OC1C2OC(=O)C3CC1C(C)(C)C32. The second kappa shape index (κ2) is 24.8. The van der Waals surface area contributed by atoms with Crippen molar-refractivity contribution in [1.29, 1.82) is 0 Å². The summed E-state index contributed by atoms with van der Waals surface area (Å²) in [6, 6.07) is 0. The molecule has 0 aromatic heterocycles. The highest BCUT2D eigenvalue weighted by molar-refractivity contribution is 8.01. The third-order valence-electron chi connectivity index (χ3n) is 26.1. The number of carbonyl (C=O) groups excluding carboxylic acids is 10. The van der Waals surface area contributed by atoms with Crippen LogP contribution >= 0.6 is 11.8 Å². The summed E-state index contributed by atoms with van der Waals surface area (Å²) in [6.45, 7) is 35.1. The Morgan fingerprint density at radius 3 is 1.50 bits per heavy atom. The zero-order chi connectivity index (χ0) is 68.8. The summed E-state index contributed by atoms with van der Waals surface area (Å²) >= 11 is 1.76. The Kier molecular flexibility index (Phi) is 18.5. The molecule has 94 heavy (non-hydrogen) atoms. The first kappa shape index (κ1) is 70.3. The first-order valence-electron chi connectivity index (χ1n) is 35.2. The van der Waals surface area contributed by atoms with Crippen LogP contribution in [0.4, 0.5) is 0 Å². The van der Waals surface area contributed by atoms with Gasteiger partial charge in [-0.25, -0.2) is 0 Å². The monoisotopic (exact) mass is 1340 g/mol. The molecule has 524 valence electrons. The molecule has 9 saturated heterocycles. The molecule has 0 amide bonds. The number of esters is 10. The first-order valence-corrected chi connectivity index (χ1v) is 36.2. The van der Waals surface area contributed by atoms with Crippen LogP contribution < -0.4 is 0 Å². The number of ether oxygens (including phenoxy) is 11. The lowest BCUT2D eigenvalue weighted by molar-refractivity contribution is -0.188. The van der Waals surface area contributed by atoms with Crippen LogP contribution in [0.2, 0.25) is 0 Å². The summed E-state index contributed by atoms with van der Waals surface area (Å²) < 4.78 is 61.3. The summed E-state index contributed by atoms with van der Waals surface area (Å²) in [4.78, 5) is 120. The Morgan fingerprint density at radius 2 is 0.915 bits per heavy atom. The van der Waals surface area contributed by atoms with Crippen LogP contribution in [0.5, 0.6) is 0 Å². The highest BCUT2D eigenvalue weighted by Gasteiger charge is 2.73. The van der Waals surface area contributed by atoms with Gasteiger partial charge in [-0.05, 0) is 165 Å². The molecular formula is C72H104O21S. The maximum Gasteiger partial charge on any atom is 0.312 e. The van der Waals surface area contributed by atoms with Crippen LogP contribution in [0.3, 0.4) is 0 Å². The van der Waals surface area contributed by atoms with Gasteiger partial charge in [-0.2, -0.15) is 0 Å². The molecule has 9 aliphatic heterocycles. The van der Waals surface area contributed by atoms with Gasteiger partial charge in [0.05, 0.1) is 68.0 Å². The fourth-order valence-corrected chi connectivity index (χ4v) is 19.3. The maximum atomic E-state index is 12.3.